The summed E-state index contributed by atoms with van der Waals surface area (Å²) in [6, 6.07) is 9.41. The first-order valence-electron chi connectivity index (χ1n) is 12.3. The molecule has 3 aliphatic heterocycles. The van der Waals surface area contributed by atoms with Crippen LogP contribution in [0.15, 0.2) is 41.4 Å². The Labute approximate surface area is 218 Å². The van der Waals surface area contributed by atoms with Gasteiger partial charge < -0.3 is 24.8 Å². The summed E-state index contributed by atoms with van der Waals surface area (Å²) in [7, 11) is 1.61. The molecular weight excluding hydrogens is 494 g/mol. The van der Waals surface area contributed by atoms with Crippen molar-refractivity contribution in [2.45, 2.75) is 29.8 Å². The number of pyridine rings is 2. The van der Waals surface area contributed by atoms with E-state index in [0.717, 1.165) is 58.1 Å². The average molecular weight is 522 g/mol. The van der Waals surface area contributed by atoms with Gasteiger partial charge in [-0.1, -0.05) is 0 Å². The topological polar surface area (TPSA) is 115 Å². The van der Waals surface area contributed by atoms with E-state index >= 15 is 0 Å². The molecule has 1 fully saturated rings. The number of methoxy groups -OCH3 is 1. The fourth-order valence-electron chi connectivity index (χ4n) is 4.96. The Morgan fingerprint density at radius 2 is 2.11 bits per heavy atom. The largest absolute Gasteiger partial charge is 0.491 e. The van der Waals surface area contributed by atoms with Gasteiger partial charge in [-0.25, -0.2) is 9.78 Å². The first kappa shape index (κ1) is 23.8. The van der Waals surface area contributed by atoms with Gasteiger partial charge >= 0.3 is 6.09 Å². The van der Waals surface area contributed by atoms with Crippen molar-refractivity contribution in [1.29, 1.82) is 0 Å². The molecule has 10 nitrogen and oxygen atoms in total. The van der Waals surface area contributed by atoms with Gasteiger partial charge in [-0.15, -0.1) is 11.8 Å². The first-order chi connectivity index (χ1) is 18.1. The van der Waals surface area contributed by atoms with Crippen LogP contribution in [-0.4, -0.2) is 67.2 Å². The van der Waals surface area contributed by atoms with Gasteiger partial charge in [0.15, 0.2) is 0 Å². The molecule has 0 saturated carbocycles. The lowest BCUT2D eigenvalue weighted by molar-refractivity contribution is -0.113. The molecule has 3 aliphatic rings. The molecule has 11 heteroatoms. The van der Waals surface area contributed by atoms with Crippen molar-refractivity contribution < 1.29 is 23.8 Å². The van der Waals surface area contributed by atoms with E-state index in [9.17, 15) is 9.59 Å². The lowest BCUT2D eigenvalue weighted by Crippen LogP contribution is -2.27. The molecule has 0 radical (unpaired) electrons. The maximum Gasteiger partial charge on any atom is 0.414 e. The molecule has 3 aromatic rings. The molecule has 192 valence electrons. The number of nitrogens with one attached hydrogen (secondary N) is 2. The van der Waals surface area contributed by atoms with Crippen LogP contribution in [0.1, 0.15) is 24.3 Å². The minimum absolute atomic E-state index is 0.0314. The SMILES string of the molecule is COc1ccc2ncc3c(c2n1)[C@@H](CCNCC[C@@H]1CN(c2ccc4c(c2)NC(=O)CS4)C(=O)O1)CO3. The predicted molar refractivity (Wildman–Crippen MR) is 140 cm³/mol. The number of aromatic nitrogens is 2. The van der Waals surface area contributed by atoms with Crippen molar-refractivity contribution in [2.24, 2.45) is 0 Å². The van der Waals surface area contributed by atoms with Crippen LogP contribution in [0.25, 0.3) is 11.0 Å². The molecule has 0 spiro atoms. The van der Waals surface area contributed by atoms with Gasteiger partial charge in [0.2, 0.25) is 11.8 Å². The van der Waals surface area contributed by atoms with Crippen molar-refractivity contribution >= 4 is 46.2 Å². The van der Waals surface area contributed by atoms with Gasteiger partial charge in [-0.2, -0.15) is 0 Å². The summed E-state index contributed by atoms with van der Waals surface area (Å²) in [6.07, 6.45) is 2.82. The fraction of sp³-hybridized carbons (Fsp3) is 0.385. The van der Waals surface area contributed by atoms with Crippen LogP contribution in [0.4, 0.5) is 16.2 Å². The number of benzene rings is 1. The number of fused-ring (bicyclic) bond motifs is 4. The summed E-state index contributed by atoms with van der Waals surface area (Å²) in [6.45, 7) is 2.61. The van der Waals surface area contributed by atoms with Gasteiger partial charge in [-0.3, -0.25) is 14.7 Å². The van der Waals surface area contributed by atoms with Crippen LogP contribution in [0.2, 0.25) is 0 Å². The van der Waals surface area contributed by atoms with E-state index in [1.807, 2.05) is 30.3 Å². The van der Waals surface area contributed by atoms with Crippen molar-refractivity contribution in [3.05, 3.63) is 42.1 Å². The van der Waals surface area contributed by atoms with E-state index in [1.54, 1.807) is 18.2 Å². The van der Waals surface area contributed by atoms with Gasteiger partial charge in [0.1, 0.15) is 17.4 Å². The highest BCUT2D eigenvalue weighted by molar-refractivity contribution is 8.00. The third-order valence-corrected chi connectivity index (χ3v) is 7.92. The number of rotatable bonds is 8. The number of hydrogen-bond donors (Lipinski definition) is 2. The molecule has 0 unspecified atom stereocenters. The Bertz CT molecular complexity index is 1370. The van der Waals surface area contributed by atoms with Crippen molar-refractivity contribution in [1.82, 2.24) is 15.3 Å². The Balaban J connectivity index is 1.01. The highest BCUT2D eigenvalue weighted by atomic mass is 32.2. The third-order valence-electron chi connectivity index (χ3n) is 6.84. The molecule has 37 heavy (non-hydrogen) atoms. The predicted octanol–water partition coefficient (Wildman–Crippen LogP) is 3.55. The van der Waals surface area contributed by atoms with Crippen molar-refractivity contribution in [3.8, 4) is 11.6 Å². The van der Waals surface area contributed by atoms with Crippen LogP contribution in [-0.2, 0) is 9.53 Å². The van der Waals surface area contributed by atoms with Gasteiger partial charge in [0, 0.05) is 28.1 Å². The molecule has 1 saturated heterocycles. The van der Waals surface area contributed by atoms with Crippen LogP contribution < -0.4 is 25.0 Å². The van der Waals surface area contributed by atoms with E-state index in [-0.39, 0.29) is 24.0 Å². The monoisotopic (exact) mass is 521 g/mol. The molecule has 2 amide bonds. The molecule has 6 rings (SSSR count). The van der Waals surface area contributed by atoms with E-state index in [4.69, 9.17) is 14.2 Å². The van der Waals surface area contributed by atoms with Crippen LogP contribution in [0, 0.1) is 0 Å². The number of nitrogens with zero attached hydrogens (tertiary/aromatic N) is 3. The maximum atomic E-state index is 12.5. The van der Waals surface area contributed by atoms with Gasteiger partial charge in [0.05, 0.1) is 43.4 Å². The Morgan fingerprint density at radius 3 is 3.00 bits per heavy atom. The molecule has 0 bridgehead atoms. The summed E-state index contributed by atoms with van der Waals surface area (Å²) in [5, 5.41) is 6.35. The Hall–Kier alpha value is -3.57. The van der Waals surface area contributed by atoms with E-state index in [1.165, 1.54) is 11.8 Å². The number of amides is 2. The Morgan fingerprint density at radius 1 is 1.22 bits per heavy atom. The molecule has 0 aliphatic carbocycles. The highest BCUT2D eigenvalue weighted by Gasteiger charge is 2.33. The molecular formula is C26H27N5O5S. The number of thioether (sulfide) groups is 1. The second-order valence-electron chi connectivity index (χ2n) is 9.23. The Kier molecular flexibility index (Phi) is 6.47. The van der Waals surface area contributed by atoms with E-state index in [2.05, 4.69) is 20.6 Å². The van der Waals surface area contributed by atoms with Crippen LogP contribution in [0.3, 0.4) is 0 Å². The minimum Gasteiger partial charge on any atom is -0.491 e. The zero-order valence-electron chi connectivity index (χ0n) is 20.4. The number of ether oxygens (including phenoxy) is 3. The summed E-state index contributed by atoms with van der Waals surface area (Å²) >= 11 is 1.50. The van der Waals surface area contributed by atoms with Crippen LogP contribution >= 0.6 is 11.8 Å². The molecule has 2 atom stereocenters. The second kappa shape index (κ2) is 10.1. The van der Waals surface area contributed by atoms with E-state index in [0.29, 0.717) is 31.2 Å². The normalized spacial score (nSPS) is 20.3. The maximum absolute atomic E-state index is 12.5. The molecule has 5 heterocycles. The average Bonchev–Trinajstić information content (AvgIpc) is 3.50. The fourth-order valence-corrected chi connectivity index (χ4v) is 5.75. The molecule has 1 aromatic carbocycles. The molecule has 2 aromatic heterocycles. The first-order valence-corrected chi connectivity index (χ1v) is 13.3. The smallest absolute Gasteiger partial charge is 0.414 e. The number of carbonyl (C=O) groups excluding carboxylic acids is 2. The van der Waals surface area contributed by atoms with E-state index < -0.39 is 0 Å². The van der Waals surface area contributed by atoms with Gasteiger partial charge in [-0.05, 0) is 50.2 Å². The number of anilines is 2. The van der Waals surface area contributed by atoms with Crippen LogP contribution in [0.5, 0.6) is 11.6 Å². The zero-order valence-corrected chi connectivity index (χ0v) is 21.2. The lowest BCUT2D eigenvalue weighted by atomic mass is 9.97. The third kappa shape index (κ3) is 4.76. The summed E-state index contributed by atoms with van der Waals surface area (Å²) in [5.74, 6) is 1.95. The quantitative estimate of drug-likeness (QED) is 0.430. The summed E-state index contributed by atoms with van der Waals surface area (Å²) in [5.41, 5.74) is 4.22. The minimum atomic E-state index is -0.358. The lowest BCUT2D eigenvalue weighted by Gasteiger charge is -2.20. The zero-order chi connectivity index (χ0) is 25.4. The molecule has 2 N–H and O–H groups in total. The number of cyclic esters (lactones) is 1. The summed E-state index contributed by atoms with van der Waals surface area (Å²) < 4.78 is 16.8. The standard InChI is InChI=1S/C26H27N5O5S/c1-34-23-5-3-18-25(30-23)24-15(13-35-20(24)11-28-18)6-8-27-9-7-17-12-31(26(33)36-17)16-2-4-21-19(10-16)29-22(32)14-37-21/h2-5,10-11,15,17,27H,6-9,12-14H2,1H3,(H,29,32)/t15-,17+/m0/s1. The second-order valence-corrected chi connectivity index (χ2v) is 10.2. The van der Waals surface area contributed by atoms with Crippen molar-refractivity contribution in [2.75, 3.05) is 49.3 Å². The van der Waals surface area contributed by atoms with Crippen molar-refractivity contribution in [3.63, 3.8) is 0 Å². The van der Waals surface area contributed by atoms with Gasteiger partial charge in [0.25, 0.3) is 0 Å². The number of carbonyl (C=O) groups is 2. The summed E-state index contributed by atoms with van der Waals surface area (Å²) in [4.78, 5) is 35.9. The highest BCUT2D eigenvalue weighted by Crippen LogP contribution is 2.40. The number of hydrogen-bond acceptors (Lipinski definition) is 9.